The highest BCUT2D eigenvalue weighted by Gasteiger charge is 2.38. The van der Waals surface area contributed by atoms with Crippen LogP contribution < -0.4 is 0 Å². The molecular weight excluding hydrogens is 398 g/mol. The lowest BCUT2D eigenvalue weighted by Gasteiger charge is -2.11. The van der Waals surface area contributed by atoms with Crippen LogP contribution in [0.3, 0.4) is 0 Å². The molecule has 0 aromatic heterocycles. The molecule has 0 aliphatic rings. The summed E-state index contributed by atoms with van der Waals surface area (Å²) in [6, 6.07) is 13.6. The summed E-state index contributed by atoms with van der Waals surface area (Å²) in [4.78, 5) is 0. The highest BCUT2D eigenvalue weighted by Crippen LogP contribution is 2.33. The molecule has 0 saturated heterocycles. The van der Waals surface area contributed by atoms with E-state index in [-0.39, 0.29) is 33.1 Å². The van der Waals surface area contributed by atoms with Gasteiger partial charge in [0.1, 0.15) is 0 Å². The molecule has 0 spiro atoms. The van der Waals surface area contributed by atoms with E-state index in [0.717, 1.165) is 0 Å². The summed E-state index contributed by atoms with van der Waals surface area (Å²) in [5.74, 6) is 0. The minimum Gasteiger partial charge on any atom is -0.198 e. The molecule has 0 heterocycles. The number of benzene rings is 2. The van der Waals surface area contributed by atoms with Crippen LogP contribution in [0.15, 0.2) is 69.5 Å². The fourth-order valence-corrected chi connectivity index (χ4v) is 3.12. The van der Waals surface area contributed by atoms with Gasteiger partial charge in [0.2, 0.25) is 0 Å². The van der Waals surface area contributed by atoms with Crippen molar-refractivity contribution in [2.45, 2.75) is 12.4 Å². The SMILES string of the molecule is FC(F)(F)C(=NSSN=C(c1ccccc1)C(F)(F)F)c1ccccc1. The monoisotopic (exact) mass is 408 g/mol. The van der Waals surface area contributed by atoms with E-state index in [2.05, 4.69) is 8.80 Å². The van der Waals surface area contributed by atoms with Crippen LogP contribution in [0.4, 0.5) is 26.3 Å². The number of hydrogen-bond donors (Lipinski definition) is 0. The van der Waals surface area contributed by atoms with E-state index in [1.165, 1.54) is 48.5 Å². The summed E-state index contributed by atoms with van der Waals surface area (Å²) < 4.78 is 85.1. The second-order valence-electron chi connectivity index (χ2n) is 4.76. The van der Waals surface area contributed by atoms with Gasteiger partial charge in [-0.05, 0) is 0 Å². The minimum absolute atomic E-state index is 0.184. The van der Waals surface area contributed by atoms with E-state index in [1.807, 2.05) is 0 Å². The Hall–Kier alpha value is -1.94. The molecule has 0 fully saturated rings. The molecule has 2 nitrogen and oxygen atoms in total. The zero-order chi connectivity index (χ0) is 19.2. The Morgan fingerprint density at radius 2 is 0.885 bits per heavy atom. The largest absolute Gasteiger partial charge is 0.434 e. The predicted molar refractivity (Wildman–Crippen MR) is 93.2 cm³/mol. The number of halogens is 6. The molecule has 10 heteroatoms. The first kappa shape index (κ1) is 20.4. The lowest BCUT2D eigenvalue weighted by Crippen LogP contribution is -2.23. The molecule has 2 aromatic rings. The topological polar surface area (TPSA) is 24.7 Å². The third-order valence-corrected chi connectivity index (χ3v) is 4.15. The van der Waals surface area contributed by atoms with Crippen molar-refractivity contribution in [3.8, 4) is 0 Å². The molecule has 0 amide bonds. The summed E-state index contributed by atoms with van der Waals surface area (Å²) in [5, 5.41) is 0. The second kappa shape index (κ2) is 8.63. The van der Waals surface area contributed by atoms with Gasteiger partial charge in [0.05, 0.1) is 22.0 Å². The number of rotatable bonds is 5. The minimum atomic E-state index is -4.75. The van der Waals surface area contributed by atoms with Crippen LogP contribution in [0, 0.1) is 0 Å². The van der Waals surface area contributed by atoms with Crippen molar-refractivity contribution >= 4 is 33.4 Å². The molecule has 0 aliphatic heterocycles. The highest BCUT2D eigenvalue weighted by atomic mass is 33.1. The Bertz CT molecular complexity index is 703. The molecule has 2 rings (SSSR count). The number of nitrogens with zero attached hydrogens (tertiary/aromatic N) is 2. The van der Waals surface area contributed by atoms with Crippen LogP contribution in [0.2, 0.25) is 0 Å². The summed E-state index contributed by atoms with van der Waals surface area (Å²) in [6.45, 7) is 0. The summed E-state index contributed by atoms with van der Waals surface area (Å²) in [5.41, 5.74) is -2.76. The van der Waals surface area contributed by atoms with Crippen molar-refractivity contribution in [3.05, 3.63) is 71.8 Å². The fourth-order valence-electron chi connectivity index (χ4n) is 1.84. The first-order chi connectivity index (χ1) is 12.2. The van der Waals surface area contributed by atoms with Gasteiger partial charge in [-0.1, -0.05) is 60.7 Å². The van der Waals surface area contributed by atoms with Crippen LogP contribution in [-0.4, -0.2) is 23.8 Å². The lowest BCUT2D eigenvalue weighted by molar-refractivity contribution is -0.0586. The Kier molecular flexibility index (Phi) is 6.76. The highest BCUT2D eigenvalue weighted by molar-refractivity contribution is 8.75. The second-order valence-corrected chi connectivity index (χ2v) is 6.31. The summed E-state index contributed by atoms with van der Waals surface area (Å²) in [7, 11) is 0.439. The van der Waals surface area contributed by atoms with Gasteiger partial charge in [0.25, 0.3) is 0 Å². The quantitative estimate of drug-likeness (QED) is 0.191. The number of alkyl halides is 6. The molecule has 0 aliphatic carbocycles. The smallest absolute Gasteiger partial charge is 0.198 e. The Morgan fingerprint density at radius 3 is 1.15 bits per heavy atom. The average Bonchev–Trinajstić information content (AvgIpc) is 2.57. The normalized spacial score (nSPS) is 13.8. The Labute approximate surface area is 153 Å². The van der Waals surface area contributed by atoms with Gasteiger partial charge in [0, 0.05) is 11.1 Å². The average molecular weight is 408 g/mol. The van der Waals surface area contributed by atoms with E-state index in [0.29, 0.717) is 0 Å². The lowest BCUT2D eigenvalue weighted by atomic mass is 10.1. The van der Waals surface area contributed by atoms with E-state index in [9.17, 15) is 26.3 Å². The predicted octanol–water partition coefficient (Wildman–Crippen LogP) is 6.30. The molecule has 0 radical (unpaired) electrons. The fraction of sp³-hybridized carbons (Fsp3) is 0.125. The van der Waals surface area contributed by atoms with Crippen LogP contribution >= 0.6 is 22.0 Å². The van der Waals surface area contributed by atoms with Gasteiger partial charge in [-0.3, -0.25) is 0 Å². The first-order valence-corrected chi connectivity index (χ1v) is 9.00. The van der Waals surface area contributed by atoms with Crippen LogP contribution in [0.1, 0.15) is 11.1 Å². The van der Waals surface area contributed by atoms with Crippen molar-refractivity contribution in [1.29, 1.82) is 0 Å². The zero-order valence-electron chi connectivity index (χ0n) is 12.8. The van der Waals surface area contributed by atoms with Gasteiger partial charge in [-0.15, -0.1) is 0 Å². The molecule has 138 valence electrons. The molecule has 2 aromatic carbocycles. The third kappa shape index (κ3) is 5.80. The molecule has 0 N–H and O–H groups in total. The maximum Gasteiger partial charge on any atom is 0.434 e. The molecule has 0 unspecified atom stereocenters. The standard InChI is InChI=1S/C16H10F6N2S2/c17-15(18,19)13(11-7-3-1-4-8-11)23-25-26-24-14(16(20,21)22)12-9-5-2-6-10-12/h1-10H. The van der Waals surface area contributed by atoms with Crippen molar-refractivity contribution in [1.82, 2.24) is 0 Å². The zero-order valence-corrected chi connectivity index (χ0v) is 14.4. The molecule has 0 atom stereocenters. The van der Waals surface area contributed by atoms with E-state index >= 15 is 0 Å². The molecule has 0 bridgehead atoms. The van der Waals surface area contributed by atoms with Gasteiger partial charge < -0.3 is 0 Å². The van der Waals surface area contributed by atoms with Crippen molar-refractivity contribution in [2.75, 3.05) is 0 Å². The van der Waals surface area contributed by atoms with Crippen molar-refractivity contribution < 1.29 is 26.3 Å². The van der Waals surface area contributed by atoms with E-state index in [1.54, 1.807) is 12.1 Å². The summed E-state index contributed by atoms with van der Waals surface area (Å²) >= 11 is 0. The van der Waals surface area contributed by atoms with Gasteiger partial charge in [-0.2, -0.15) is 35.1 Å². The Morgan fingerprint density at radius 1 is 0.577 bits per heavy atom. The molecule has 0 saturated carbocycles. The molecular formula is C16H10F6N2S2. The van der Waals surface area contributed by atoms with Crippen LogP contribution in [0.25, 0.3) is 0 Å². The Balaban J connectivity index is 2.21. The first-order valence-electron chi connectivity index (χ1n) is 6.93. The summed E-state index contributed by atoms with van der Waals surface area (Å²) in [6.07, 6.45) is -9.49. The van der Waals surface area contributed by atoms with Gasteiger partial charge in [-0.25, -0.2) is 0 Å². The van der Waals surface area contributed by atoms with Crippen LogP contribution in [0.5, 0.6) is 0 Å². The van der Waals surface area contributed by atoms with Crippen molar-refractivity contribution in [3.63, 3.8) is 0 Å². The molecule has 26 heavy (non-hydrogen) atoms. The number of hydrogen-bond acceptors (Lipinski definition) is 4. The van der Waals surface area contributed by atoms with E-state index in [4.69, 9.17) is 0 Å². The third-order valence-electron chi connectivity index (χ3n) is 2.92. The van der Waals surface area contributed by atoms with Gasteiger partial charge in [0.15, 0.2) is 11.4 Å². The van der Waals surface area contributed by atoms with Crippen LogP contribution in [-0.2, 0) is 0 Å². The van der Waals surface area contributed by atoms with Gasteiger partial charge >= 0.3 is 12.4 Å². The maximum atomic E-state index is 13.1. The van der Waals surface area contributed by atoms with E-state index < -0.39 is 23.8 Å². The van der Waals surface area contributed by atoms with Crippen molar-refractivity contribution in [2.24, 2.45) is 8.80 Å². The maximum absolute atomic E-state index is 13.1.